The molecular weight excluding hydrogens is 481 g/mol. The average molecular weight is 515 g/mol. The molecule has 2 N–H and O–H groups in total. The Hall–Kier alpha value is -3.20. The maximum atomic E-state index is 13.9. The first kappa shape index (κ1) is 26.9. The average Bonchev–Trinajstić information content (AvgIpc) is 2.91. The van der Waals surface area contributed by atoms with Gasteiger partial charge in [-0.25, -0.2) is 0 Å². The second-order valence-corrected chi connectivity index (χ2v) is 9.55. The Morgan fingerprint density at radius 1 is 1.11 bits per heavy atom. The minimum Gasteiger partial charge on any atom is -0.377 e. The number of halogens is 3. The van der Waals surface area contributed by atoms with Gasteiger partial charge in [0.2, 0.25) is 5.91 Å². The highest BCUT2D eigenvalue weighted by molar-refractivity contribution is 5.85. The molecule has 1 aromatic carbocycles. The Bertz CT molecular complexity index is 1220. The number of carbonyl (C=O) groups is 1. The molecule has 0 saturated heterocycles. The molecule has 1 amide bonds. The number of hydrogen-bond donors (Lipinski definition) is 2. The van der Waals surface area contributed by atoms with Crippen LogP contribution in [0, 0.1) is 5.92 Å². The van der Waals surface area contributed by atoms with Crippen LogP contribution in [0.25, 0.3) is 11.0 Å². The Labute approximate surface area is 215 Å². The third-order valence-electron chi connectivity index (χ3n) is 7.04. The van der Waals surface area contributed by atoms with Crippen molar-refractivity contribution >= 4 is 28.3 Å². The third-order valence-corrected chi connectivity index (χ3v) is 7.04. The van der Waals surface area contributed by atoms with Gasteiger partial charge in [-0.15, -0.1) is 0 Å². The van der Waals surface area contributed by atoms with Gasteiger partial charge < -0.3 is 15.4 Å². The molecule has 6 nitrogen and oxygen atoms in total. The third kappa shape index (κ3) is 6.21. The molecule has 0 radical (unpaired) electrons. The number of amides is 1. The number of aromatic nitrogens is 2. The molecule has 0 unspecified atom stereocenters. The van der Waals surface area contributed by atoms with E-state index in [4.69, 9.17) is 9.72 Å². The monoisotopic (exact) mass is 514 g/mol. The topological polar surface area (TPSA) is 76.1 Å². The lowest BCUT2D eigenvalue weighted by Crippen LogP contribution is -2.41. The van der Waals surface area contributed by atoms with Crippen LogP contribution >= 0.6 is 0 Å². The molecule has 0 spiro atoms. The summed E-state index contributed by atoms with van der Waals surface area (Å²) in [6.45, 7) is 3.93. The fourth-order valence-electron chi connectivity index (χ4n) is 4.85. The Kier molecular flexibility index (Phi) is 8.32. The lowest BCUT2D eigenvalue weighted by Gasteiger charge is -2.27. The van der Waals surface area contributed by atoms with E-state index in [0.717, 1.165) is 48.0 Å². The number of fused-ring (bicyclic) bond motifs is 1. The number of aryl methyl sites for hydroxylation is 1. The van der Waals surface area contributed by atoms with Crippen LogP contribution in [-0.4, -0.2) is 29.2 Å². The minimum atomic E-state index is -4.61. The summed E-state index contributed by atoms with van der Waals surface area (Å²) < 4.78 is 47.3. The van der Waals surface area contributed by atoms with Crippen LogP contribution in [0.1, 0.15) is 74.9 Å². The molecule has 198 valence electrons. The van der Waals surface area contributed by atoms with Gasteiger partial charge >= 0.3 is 6.18 Å². The summed E-state index contributed by atoms with van der Waals surface area (Å²) in [6, 6.07) is 7.73. The fourth-order valence-corrected chi connectivity index (χ4v) is 4.85. The molecule has 0 aliphatic heterocycles. The van der Waals surface area contributed by atoms with Crippen LogP contribution in [0.3, 0.4) is 0 Å². The number of alkyl halides is 3. The van der Waals surface area contributed by atoms with Gasteiger partial charge in [0.25, 0.3) is 0 Å². The summed E-state index contributed by atoms with van der Waals surface area (Å²) in [6.07, 6.45) is 1.59. The number of ether oxygens (including phenoxy) is 1. The molecular formula is C28H33F3N4O2. The summed E-state index contributed by atoms with van der Waals surface area (Å²) in [5.41, 5.74) is 4.43. The van der Waals surface area contributed by atoms with Crippen molar-refractivity contribution in [1.82, 2.24) is 15.3 Å². The van der Waals surface area contributed by atoms with Crippen molar-refractivity contribution in [3.8, 4) is 0 Å². The molecule has 1 fully saturated rings. The van der Waals surface area contributed by atoms with E-state index in [1.54, 1.807) is 25.4 Å². The summed E-state index contributed by atoms with van der Waals surface area (Å²) in [5.74, 6) is -0.883. The SMILES string of the molecule is CCc1ccc2ncc(Nc3ccc([C@H](NC(=O)C4CCCCC4)C(F)(F)F)cc3)c([C@H](C)OC)c2n1. The first-order chi connectivity index (χ1) is 17.7. The van der Waals surface area contributed by atoms with Crippen LogP contribution < -0.4 is 10.6 Å². The minimum absolute atomic E-state index is 0.0152. The molecule has 9 heteroatoms. The summed E-state index contributed by atoms with van der Waals surface area (Å²) in [5, 5.41) is 5.52. The number of benzene rings is 1. The zero-order chi connectivity index (χ0) is 26.6. The number of nitrogens with one attached hydrogen (secondary N) is 2. The van der Waals surface area contributed by atoms with E-state index in [2.05, 4.69) is 15.6 Å². The Morgan fingerprint density at radius 3 is 2.43 bits per heavy atom. The number of methoxy groups -OCH3 is 1. The van der Waals surface area contributed by atoms with E-state index >= 15 is 0 Å². The number of pyridine rings is 2. The normalized spacial score (nSPS) is 16.4. The maximum absolute atomic E-state index is 13.9. The molecule has 1 aliphatic carbocycles. The Balaban J connectivity index is 1.59. The van der Waals surface area contributed by atoms with E-state index in [-0.39, 0.29) is 17.6 Å². The number of anilines is 2. The lowest BCUT2D eigenvalue weighted by atomic mass is 9.88. The van der Waals surface area contributed by atoms with Crippen LogP contribution in [0.2, 0.25) is 0 Å². The molecule has 4 rings (SSSR count). The molecule has 0 bridgehead atoms. The van der Waals surface area contributed by atoms with Crippen molar-refractivity contribution in [3.63, 3.8) is 0 Å². The molecule has 3 aromatic rings. The van der Waals surface area contributed by atoms with Crippen LogP contribution in [0.15, 0.2) is 42.6 Å². The predicted octanol–water partition coefficient (Wildman–Crippen LogP) is 6.94. The van der Waals surface area contributed by atoms with E-state index in [1.165, 1.54) is 12.1 Å². The Morgan fingerprint density at radius 2 is 1.81 bits per heavy atom. The van der Waals surface area contributed by atoms with Gasteiger partial charge in [-0.05, 0) is 56.0 Å². The fraction of sp³-hybridized carbons (Fsp3) is 0.464. The second kappa shape index (κ2) is 11.5. The van der Waals surface area contributed by atoms with Crippen LogP contribution in [0.5, 0.6) is 0 Å². The smallest absolute Gasteiger partial charge is 0.377 e. The summed E-state index contributed by atoms with van der Waals surface area (Å²) in [4.78, 5) is 21.8. The largest absolute Gasteiger partial charge is 0.412 e. The van der Waals surface area contributed by atoms with Gasteiger partial charge in [-0.3, -0.25) is 14.8 Å². The number of rotatable bonds is 8. The zero-order valence-electron chi connectivity index (χ0n) is 21.4. The molecule has 2 heterocycles. The molecule has 2 atom stereocenters. The van der Waals surface area contributed by atoms with Gasteiger partial charge in [-0.2, -0.15) is 13.2 Å². The van der Waals surface area contributed by atoms with Gasteiger partial charge in [0.05, 0.1) is 29.0 Å². The van der Waals surface area contributed by atoms with Gasteiger partial charge in [0.15, 0.2) is 6.04 Å². The quantitative estimate of drug-likeness (QED) is 0.340. The van der Waals surface area contributed by atoms with E-state index in [9.17, 15) is 18.0 Å². The van der Waals surface area contributed by atoms with Gasteiger partial charge in [0.1, 0.15) is 0 Å². The highest BCUT2D eigenvalue weighted by Gasteiger charge is 2.42. The standard InChI is InChI=1S/C28H33F3N4O2/c1-4-20-14-15-22-25(34-20)24(17(2)37-3)23(16-32-22)33-21-12-10-18(11-13-21)26(28(29,30)31)35-27(36)19-8-6-5-7-9-19/h10-17,19,26,33H,4-9H2,1-3H3,(H,35,36)/t17-,26-/m0/s1. The van der Waals surface area contributed by atoms with E-state index < -0.39 is 18.1 Å². The van der Waals surface area contributed by atoms with Gasteiger partial charge in [0, 0.05) is 30.0 Å². The zero-order valence-corrected chi connectivity index (χ0v) is 21.4. The van der Waals surface area contributed by atoms with Crippen molar-refractivity contribution in [2.24, 2.45) is 5.92 Å². The molecule has 1 aliphatic rings. The van der Waals surface area contributed by atoms with Gasteiger partial charge in [-0.1, -0.05) is 38.3 Å². The predicted molar refractivity (Wildman–Crippen MR) is 138 cm³/mol. The molecule has 37 heavy (non-hydrogen) atoms. The first-order valence-electron chi connectivity index (χ1n) is 12.8. The molecule has 1 saturated carbocycles. The van der Waals surface area contributed by atoms with Crippen molar-refractivity contribution in [3.05, 3.63) is 59.4 Å². The van der Waals surface area contributed by atoms with E-state index in [0.29, 0.717) is 24.2 Å². The number of hydrogen-bond acceptors (Lipinski definition) is 5. The van der Waals surface area contributed by atoms with Crippen LogP contribution in [-0.2, 0) is 16.0 Å². The summed E-state index contributed by atoms with van der Waals surface area (Å²) in [7, 11) is 1.61. The number of nitrogens with zero attached hydrogens (tertiary/aromatic N) is 2. The van der Waals surface area contributed by atoms with Crippen molar-refractivity contribution in [2.45, 2.75) is 70.7 Å². The van der Waals surface area contributed by atoms with Crippen molar-refractivity contribution < 1.29 is 22.7 Å². The molecule has 2 aromatic heterocycles. The van der Waals surface area contributed by atoms with Crippen molar-refractivity contribution in [2.75, 3.05) is 12.4 Å². The van der Waals surface area contributed by atoms with Crippen molar-refractivity contribution in [1.29, 1.82) is 0 Å². The lowest BCUT2D eigenvalue weighted by molar-refractivity contribution is -0.165. The summed E-state index contributed by atoms with van der Waals surface area (Å²) >= 11 is 0. The second-order valence-electron chi connectivity index (χ2n) is 9.55. The highest BCUT2D eigenvalue weighted by atomic mass is 19.4. The first-order valence-corrected chi connectivity index (χ1v) is 12.8. The number of carbonyl (C=O) groups excluding carboxylic acids is 1. The van der Waals surface area contributed by atoms with Crippen LogP contribution in [0.4, 0.5) is 24.5 Å². The maximum Gasteiger partial charge on any atom is 0.412 e. The van der Waals surface area contributed by atoms with E-state index in [1.807, 2.05) is 26.0 Å². The highest BCUT2D eigenvalue weighted by Crippen LogP contribution is 2.36.